The maximum absolute atomic E-state index is 13.4. The number of fused-ring (bicyclic) bond motifs is 1. The van der Waals surface area contributed by atoms with Crippen LogP contribution in [0.1, 0.15) is 10.4 Å². The highest BCUT2D eigenvalue weighted by molar-refractivity contribution is 7.11. The number of thiophene rings is 1. The topological polar surface area (TPSA) is 77.1 Å². The molecular formula is C24H20N2O5S. The number of carbonyl (C=O) groups excluding carboxylic acids is 2. The highest BCUT2D eigenvalue weighted by Gasteiger charge is 2.40. The average molecular weight is 449 g/mol. The Bertz CT molecular complexity index is 1220. The van der Waals surface area contributed by atoms with Crippen LogP contribution >= 0.6 is 11.3 Å². The summed E-state index contributed by atoms with van der Waals surface area (Å²) in [5.74, 6) is 1.14. The van der Waals surface area contributed by atoms with Crippen molar-refractivity contribution < 1.29 is 23.8 Å². The van der Waals surface area contributed by atoms with Gasteiger partial charge in [0.1, 0.15) is 24.7 Å². The molecule has 0 fully saturated rings. The van der Waals surface area contributed by atoms with Gasteiger partial charge in [-0.3, -0.25) is 14.5 Å². The Hall–Kier alpha value is -3.78. The number of rotatable bonds is 6. The molecule has 162 valence electrons. The summed E-state index contributed by atoms with van der Waals surface area (Å²) >= 11 is 1.41. The first-order chi connectivity index (χ1) is 15.7. The Kier molecular flexibility index (Phi) is 5.28. The Balaban J connectivity index is 1.50. The molecule has 8 heteroatoms. The molecule has 7 nitrogen and oxygen atoms in total. The summed E-state index contributed by atoms with van der Waals surface area (Å²) in [4.78, 5) is 28.8. The van der Waals surface area contributed by atoms with Crippen molar-refractivity contribution in [1.82, 2.24) is 4.90 Å². The van der Waals surface area contributed by atoms with Gasteiger partial charge in [0.15, 0.2) is 11.5 Å². The van der Waals surface area contributed by atoms with Crippen LogP contribution in [0.5, 0.6) is 17.2 Å². The summed E-state index contributed by atoms with van der Waals surface area (Å²) in [6, 6.07) is 16.4. The summed E-state index contributed by atoms with van der Waals surface area (Å²) in [6.07, 6.45) is 0. The molecule has 0 aliphatic carbocycles. The van der Waals surface area contributed by atoms with Gasteiger partial charge in [0.25, 0.3) is 11.8 Å². The number of anilines is 1. The Morgan fingerprint density at radius 3 is 2.59 bits per heavy atom. The zero-order chi connectivity index (χ0) is 22.1. The van der Waals surface area contributed by atoms with Crippen molar-refractivity contribution in [3.63, 3.8) is 0 Å². The molecule has 2 aliphatic rings. The van der Waals surface area contributed by atoms with Crippen LogP contribution < -0.4 is 19.5 Å². The van der Waals surface area contributed by atoms with Crippen LogP contribution in [0.4, 0.5) is 5.69 Å². The van der Waals surface area contributed by atoms with E-state index in [0.29, 0.717) is 41.7 Å². The van der Waals surface area contributed by atoms with Gasteiger partial charge in [-0.15, -0.1) is 11.3 Å². The normalized spacial score (nSPS) is 15.3. The van der Waals surface area contributed by atoms with Gasteiger partial charge in [-0.05, 0) is 29.6 Å². The number of imide groups is 1. The van der Waals surface area contributed by atoms with Gasteiger partial charge in [-0.1, -0.05) is 24.3 Å². The molecule has 5 rings (SSSR count). The fraction of sp³-hybridized carbons (Fsp3) is 0.167. The third kappa shape index (κ3) is 3.58. The number of ether oxygens (including phenoxy) is 3. The van der Waals surface area contributed by atoms with Gasteiger partial charge in [0.05, 0.1) is 19.2 Å². The average Bonchev–Trinajstić information content (AvgIpc) is 3.42. The number of para-hydroxylation sites is 1. The minimum Gasteiger partial charge on any atom is -0.496 e. The van der Waals surface area contributed by atoms with Crippen LogP contribution in [-0.4, -0.2) is 37.0 Å². The maximum atomic E-state index is 13.4. The lowest BCUT2D eigenvalue weighted by Gasteiger charge is -2.19. The highest BCUT2D eigenvalue weighted by atomic mass is 32.1. The Morgan fingerprint density at radius 2 is 1.81 bits per heavy atom. The molecule has 0 saturated heterocycles. The number of amides is 2. The zero-order valence-electron chi connectivity index (χ0n) is 17.3. The Labute approximate surface area is 188 Å². The molecule has 3 aromatic rings. The zero-order valence-corrected chi connectivity index (χ0v) is 18.1. The third-order valence-electron chi connectivity index (χ3n) is 5.27. The standard InChI is InChI=1S/C24H20N2O5S/c1-29-17-6-3-2-5-15(17)14-26-23(27)21(20-7-4-12-32-20)22(24(26)28)25-16-8-9-18-19(13-16)31-11-10-30-18/h2-9,12-13,25H,10-11,14H2,1H3. The van der Waals surface area contributed by atoms with Crippen LogP contribution in [0.3, 0.4) is 0 Å². The molecule has 2 aromatic carbocycles. The van der Waals surface area contributed by atoms with E-state index in [1.165, 1.54) is 16.2 Å². The first-order valence-corrected chi connectivity index (χ1v) is 11.0. The number of hydrogen-bond acceptors (Lipinski definition) is 7. The minimum absolute atomic E-state index is 0.114. The number of methoxy groups -OCH3 is 1. The summed E-state index contributed by atoms with van der Waals surface area (Å²) in [6.45, 7) is 1.07. The van der Waals surface area contributed by atoms with E-state index in [-0.39, 0.29) is 24.1 Å². The molecule has 1 N–H and O–H groups in total. The van der Waals surface area contributed by atoms with Gasteiger partial charge < -0.3 is 19.5 Å². The van der Waals surface area contributed by atoms with Crippen LogP contribution in [0.25, 0.3) is 5.57 Å². The maximum Gasteiger partial charge on any atom is 0.278 e. The highest BCUT2D eigenvalue weighted by Crippen LogP contribution is 2.37. The van der Waals surface area contributed by atoms with E-state index >= 15 is 0 Å². The minimum atomic E-state index is -0.390. The van der Waals surface area contributed by atoms with Crippen molar-refractivity contribution in [1.29, 1.82) is 0 Å². The number of benzene rings is 2. The first-order valence-electron chi connectivity index (χ1n) is 10.1. The molecule has 32 heavy (non-hydrogen) atoms. The number of nitrogens with one attached hydrogen (secondary N) is 1. The second-order valence-electron chi connectivity index (χ2n) is 7.22. The van der Waals surface area contributed by atoms with Gasteiger partial charge in [0, 0.05) is 22.2 Å². The molecule has 0 unspecified atom stereocenters. The van der Waals surface area contributed by atoms with E-state index in [4.69, 9.17) is 14.2 Å². The number of nitrogens with zero attached hydrogens (tertiary/aromatic N) is 1. The van der Waals surface area contributed by atoms with E-state index in [0.717, 1.165) is 10.4 Å². The lowest BCUT2D eigenvalue weighted by molar-refractivity contribution is -0.137. The SMILES string of the molecule is COc1ccccc1CN1C(=O)C(Nc2ccc3c(c2)OCCO3)=C(c2cccs2)C1=O. The van der Waals surface area contributed by atoms with Gasteiger partial charge in [-0.25, -0.2) is 0 Å². The van der Waals surface area contributed by atoms with Crippen molar-refractivity contribution in [2.45, 2.75) is 6.54 Å². The van der Waals surface area contributed by atoms with Crippen LogP contribution in [0, 0.1) is 0 Å². The van der Waals surface area contributed by atoms with E-state index < -0.39 is 0 Å². The predicted molar refractivity (Wildman–Crippen MR) is 121 cm³/mol. The number of carbonyl (C=O) groups is 2. The lowest BCUT2D eigenvalue weighted by atomic mass is 10.1. The van der Waals surface area contributed by atoms with Crippen molar-refractivity contribution in [3.05, 3.63) is 76.1 Å². The Morgan fingerprint density at radius 1 is 1.00 bits per heavy atom. The molecule has 1 aromatic heterocycles. The second kappa shape index (κ2) is 8.39. The summed E-state index contributed by atoms with van der Waals surface area (Å²) < 4.78 is 16.6. The van der Waals surface area contributed by atoms with Gasteiger partial charge in [-0.2, -0.15) is 0 Å². The quantitative estimate of drug-likeness (QED) is 0.576. The summed E-state index contributed by atoms with van der Waals surface area (Å²) in [5, 5.41) is 5.04. The van der Waals surface area contributed by atoms with E-state index in [1.54, 1.807) is 25.3 Å². The predicted octanol–water partition coefficient (Wildman–Crippen LogP) is 3.92. The molecule has 3 heterocycles. The van der Waals surface area contributed by atoms with Crippen molar-refractivity contribution >= 4 is 34.4 Å². The monoisotopic (exact) mass is 448 g/mol. The molecule has 0 radical (unpaired) electrons. The van der Waals surface area contributed by atoms with Crippen LogP contribution in [-0.2, 0) is 16.1 Å². The second-order valence-corrected chi connectivity index (χ2v) is 8.17. The van der Waals surface area contributed by atoms with E-state index in [1.807, 2.05) is 41.8 Å². The fourth-order valence-electron chi connectivity index (χ4n) is 3.75. The lowest BCUT2D eigenvalue weighted by Crippen LogP contribution is -2.32. The molecule has 0 bridgehead atoms. The molecular weight excluding hydrogens is 428 g/mol. The molecule has 0 atom stereocenters. The van der Waals surface area contributed by atoms with Crippen molar-refractivity contribution in [2.24, 2.45) is 0 Å². The van der Waals surface area contributed by atoms with Crippen molar-refractivity contribution in [3.8, 4) is 17.2 Å². The fourth-order valence-corrected chi connectivity index (χ4v) is 4.52. The first kappa shape index (κ1) is 20.1. The van der Waals surface area contributed by atoms with Crippen LogP contribution in [0.2, 0.25) is 0 Å². The summed E-state index contributed by atoms with van der Waals surface area (Å²) in [5.41, 5.74) is 1.99. The molecule has 0 saturated carbocycles. The molecule has 2 aliphatic heterocycles. The van der Waals surface area contributed by atoms with Gasteiger partial charge >= 0.3 is 0 Å². The van der Waals surface area contributed by atoms with Crippen LogP contribution in [0.15, 0.2) is 65.7 Å². The van der Waals surface area contributed by atoms with E-state index in [9.17, 15) is 9.59 Å². The molecule has 2 amide bonds. The largest absolute Gasteiger partial charge is 0.496 e. The van der Waals surface area contributed by atoms with Crippen molar-refractivity contribution in [2.75, 3.05) is 25.6 Å². The molecule has 0 spiro atoms. The third-order valence-corrected chi connectivity index (χ3v) is 6.16. The summed E-state index contributed by atoms with van der Waals surface area (Å²) in [7, 11) is 1.57. The van der Waals surface area contributed by atoms with Gasteiger partial charge in [0.2, 0.25) is 0 Å². The number of hydrogen-bond donors (Lipinski definition) is 1. The van der Waals surface area contributed by atoms with E-state index in [2.05, 4.69) is 5.32 Å². The smallest absolute Gasteiger partial charge is 0.278 e.